The fourth-order valence-electron chi connectivity index (χ4n) is 1.69. The van der Waals surface area contributed by atoms with Gasteiger partial charge in [0.15, 0.2) is 0 Å². The second-order valence-corrected chi connectivity index (χ2v) is 5.02. The minimum atomic E-state index is -0.543. The van der Waals surface area contributed by atoms with Crippen LogP contribution in [0.15, 0.2) is 22.8 Å². The molecule has 104 valence electrons. The van der Waals surface area contributed by atoms with E-state index < -0.39 is 6.10 Å². The number of unbranched alkanes of at least 4 members (excludes halogenated alkanes) is 1. The number of aliphatic hydroxyl groups excluding tert-OH is 1. The van der Waals surface area contributed by atoms with Crippen LogP contribution in [0.25, 0.3) is 0 Å². The van der Waals surface area contributed by atoms with Gasteiger partial charge in [-0.1, -0.05) is 0 Å². The van der Waals surface area contributed by atoms with Crippen LogP contribution in [0.3, 0.4) is 0 Å². The van der Waals surface area contributed by atoms with E-state index in [1.165, 1.54) is 6.42 Å². The van der Waals surface area contributed by atoms with Crippen LogP contribution in [0.1, 0.15) is 38.6 Å². The first-order valence-electron chi connectivity index (χ1n) is 6.73. The number of nitrogens with one attached hydrogen (secondary N) is 1. The first-order chi connectivity index (χ1) is 8.61. The molecule has 1 unspecified atom stereocenters. The maximum atomic E-state index is 9.76. The summed E-state index contributed by atoms with van der Waals surface area (Å²) in [6.45, 7) is 7.02. The van der Waals surface area contributed by atoms with Crippen LogP contribution < -0.4 is 5.32 Å². The Morgan fingerprint density at radius 1 is 1.39 bits per heavy atom. The molecule has 0 spiro atoms. The highest BCUT2D eigenvalue weighted by atomic mass is 16.4. The molecule has 0 aliphatic heterocycles. The van der Waals surface area contributed by atoms with Crippen molar-refractivity contribution < 1.29 is 9.52 Å². The molecule has 0 bridgehead atoms. The van der Waals surface area contributed by atoms with Gasteiger partial charge in [0.05, 0.1) is 6.26 Å². The third-order valence-electron chi connectivity index (χ3n) is 3.21. The van der Waals surface area contributed by atoms with E-state index in [0.29, 0.717) is 18.3 Å². The molecule has 0 radical (unpaired) electrons. The number of hydrogen-bond acceptors (Lipinski definition) is 4. The van der Waals surface area contributed by atoms with Crippen LogP contribution in [0.4, 0.5) is 0 Å². The molecule has 1 aromatic heterocycles. The van der Waals surface area contributed by atoms with Gasteiger partial charge in [-0.15, -0.1) is 0 Å². The van der Waals surface area contributed by atoms with Gasteiger partial charge < -0.3 is 19.7 Å². The Bertz CT molecular complexity index is 299. The molecule has 4 nitrogen and oxygen atoms in total. The van der Waals surface area contributed by atoms with Gasteiger partial charge in [-0.2, -0.15) is 0 Å². The van der Waals surface area contributed by atoms with Crippen LogP contribution in [-0.2, 0) is 0 Å². The molecule has 1 aromatic rings. The summed E-state index contributed by atoms with van der Waals surface area (Å²) < 4.78 is 5.13. The Morgan fingerprint density at radius 2 is 2.17 bits per heavy atom. The lowest BCUT2D eigenvalue weighted by Crippen LogP contribution is -2.28. The van der Waals surface area contributed by atoms with Crippen LogP contribution in [0, 0.1) is 0 Å². The summed E-state index contributed by atoms with van der Waals surface area (Å²) in [5.41, 5.74) is 0. The molecule has 0 saturated carbocycles. The van der Waals surface area contributed by atoms with E-state index in [4.69, 9.17) is 4.42 Å². The standard InChI is InChI=1S/C14H26N2O2/c1-12(2)16(3)9-5-4-8-15-11-13(17)14-7-6-10-18-14/h6-7,10,12-13,15,17H,4-5,8-9,11H2,1-3H3. The zero-order valence-electron chi connectivity index (χ0n) is 11.7. The fourth-order valence-corrected chi connectivity index (χ4v) is 1.69. The molecule has 18 heavy (non-hydrogen) atoms. The highest BCUT2D eigenvalue weighted by Gasteiger charge is 2.09. The summed E-state index contributed by atoms with van der Waals surface area (Å²) in [7, 11) is 2.15. The van der Waals surface area contributed by atoms with Gasteiger partial charge in [-0.25, -0.2) is 0 Å². The summed E-state index contributed by atoms with van der Waals surface area (Å²) in [5, 5.41) is 13.0. The Morgan fingerprint density at radius 3 is 2.78 bits per heavy atom. The second-order valence-electron chi connectivity index (χ2n) is 5.02. The van der Waals surface area contributed by atoms with Gasteiger partial charge in [0.25, 0.3) is 0 Å². The topological polar surface area (TPSA) is 48.6 Å². The van der Waals surface area contributed by atoms with Gasteiger partial charge in [0, 0.05) is 12.6 Å². The van der Waals surface area contributed by atoms with Crippen LogP contribution >= 0.6 is 0 Å². The second kappa shape index (κ2) is 8.29. The fraction of sp³-hybridized carbons (Fsp3) is 0.714. The average molecular weight is 254 g/mol. The lowest BCUT2D eigenvalue weighted by atomic mass is 10.2. The minimum Gasteiger partial charge on any atom is -0.467 e. The van der Waals surface area contributed by atoms with Crippen LogP contribution in [-0.4, -0.2) is 42.7 Å². The molecule has 0 aliphatic rings. The van der Waals surface area contributed by atoms with E-state index >= 15 is 0 Å². The summed E-state index contributed by atoms with van der Waals surface area (Å²) in [6, 6.07) is 4.20. The third kappa shape index (κ3) is 5.67. The molecule has 1 rings (SSSR count). The van der Waals surface area contributed by atoms with Crippen molar-refractivity contribution in [3.8, 4) is 0 Å². The van der Waals surface area contributed by atoms with Crippen molar-refractivity contribution in [3.63, 3.8) is 0 Å². The van der Waals surface area contributed by atoms with Crippen LogP contribution in [0.5, 0.6) is 0 Å². The van der Waals surface area contributed by atoms with Gasteiger partial charge in [-0.3, -0.25) is 0 Å². The summed E-state index contributed by atoms with van der Waals surface area (Å²) >= 11 is 0. The van der Waals surface area contributed by atoms with Crippen molar-refractivity contribution in [2.45, 2.75) is 38.8 Å². The van der Waals surface area contributed by atoms with Crippen molar-refractivity contribution >= 4 is 0 Å². The minimum absolute atomic E-state index is 0.543. The van der Waals surface area contributed by atoms with E-state index in [1.807, 2.05) is 0 Å². The molecule has 1 heterocycles. The monoisotopic (exact) mass is 254 g/mol. The Balaban J connectivity index is 1.99. The van der Waals surface area contributed by atoms with Crippen molar-refractivity contribution in [2.24, 2.45) is 0 Å². The predicted octanol–water partition coefficient (Wildman–Crippen LogP) is 2.02. The molecule has 0 saturated heterocycles. The zero-order chi connectivity index (χ0) is 13.4. The first kappa shape index (κ1) is 15.2. The maximum absolute atomic E-state index is 9.76. The summed E-state index contributed by atoms with van der Waals surface area (Å²) in [6.07, 6.45) is 3.35. The highest BCUT2D eigenvalue weighted by Crippen LogP contribution is 2.11. The van der Waals surface area contributed by atoms with Crippen molar-refractivity contribution in [1.29, 1.82) is 0 Å². The maximum Gasteiger partial charge on any atom is 0.133 e. The lowest BCUT2D eigenvalue weighted by molar-refractivity contribution is 0.147. The number of rotatable bonds is 9. The van der Waals surface area contributed by atoms with Crippen molar-refractivity contribution in [3.05, 3.63) is 24.2 Å². The molecule has 4 heteroatoms. The first-order valence-corrected chi connectivity index (χ1v) is 6.73. The highest BCUT2D eigenvalue weighted by molar-refractivity contribution is 5.01. The van der Waals surface area contributed by atoms with Gasteiger partial charge >= 0.3 is 0 Å². The SMILES string of the molecule is CC(C)N(C)CCCCNCC(O)c1ccco1. The van der Waals surface area contributed by atoms with Crippen molar-refractivity contribution in [1.82, 2.24) is 10.2 Å². The molecule has 2 N–H and O–H groups in total. The Labute approximate surface area is 110 Å². The molecule has 1 atom stereocenters. The molecular weight excluding hydrogens is 228 g/mol. The molecule has 0 aliphatic carbocycles. The number of nitrogens with zero attached hydrogens (tertiary/aromatic N) is 1. The Kier molecular flexibility index (Phi) is 7.01. The average Bonchev–Trinajstić information content (AvgIpc) is 2.86. The van der Waals surface area contributed by atoms with Gasteiger partial charge in [0.2, 0.25) is 0 Å². The molecule has 0 aromatic carbocycles. The predicted molar refractivity (Wildman–Crippen MR) is 73.5 cm³/mol. The van der Waals surface area contributed by atoms with E-state index in [-0.39, 0.29) is 0 Å². The van der Waals surface area contributed by atoms with Gasteiger partial charge in [0.1, 0.15) is 11.9 Å². The normalized spacial score (nSPS) is 13.4. The van der Waals surface area contributed by atoms with Crippen molar-refractivity contribution in [2.75, 3.05) is 26.7 Å². The molecule has 0 fully saturated rings. The lowest BCUT2D eigenvalue weighted by Gasteiger charge is -2.20. The molecular formula is C14H26N2O2. The molecule has 0 amide bonds. The summed E-state index contributed by atoms with van der Waals surface area (Å²) in [4.78, 5) is 2.34. The number of hydrogen-bond donors (Lipinski definition) is 2. The van der Waals surface area contributed by atoms with Crippen LogP contribution in [0.2, 0.25) is 0 Å². The van der Waals surface area contributed by atoms with E-state index in [9.17, 15) is 5.11 Å². The third-order valence-corrected chi connectivity index (χ3v) is 3.21. The van der Waals surface area contributed by atoms with E-state index in [1.54, 1.807) is 18.4 Å². The van der Waals surface area contributed by atoms with E-state index in [2.05, 4.69) is 31.1 Å². The number of aliphatic hydroxyl groups is 1. The largest absolute Gasteiger partial charge is 0.467 e. The number of furan rings is 1. The summed E-state index contributed by atoms with van der Waals surface area (Å²) in [5.74, 6) is 0.627. The quantitative estimate of drug-likeness (QED) is 0.662. The van der Waals surface area contributed by atoms with E-state index in [0.717, 1.165) is 19.5 Å². The smallest absolute Gasteiger partial charge is 0.133 e. The zero-order valence-corrected chi connectivity index (χ0v) is 11.7. The Hall–Kier alpha value is -0.840. The van der Waals surface area contributed by atoms with Gasteiger partial charge in [-0.05, 0) is 59.0 Å².